The Kier molecular flexibility index (Phi) is 7.57. The molecule has 0 heterocycles. The number of ether oxygens (including phenoxy) is 1. The van der Waals surface area contributed by atoms with Gasteiger partial charge in [0.1, 0.15) is 9.52 Å². The second-order valence-corrected chi connectivity index (χ2v) is 10.2. The quantitative estimate of drug-likeness (QED) is 0.324. The van der Waals surface area contributed by atoms with Crippen LogP contribution in [0.4, 0.5) is 0 Å². The summed E-state index contributed by atoms with van der Waals surface area (Å²) < 4.78 is 12.7. The second kappa shape index (κ2) is 8.43. The number of benzene rings is 1. The van der Waals surface area contributed by atoms with Gasteiger partial charge in [0.15, 0.2) is 0 Å². The summed E-state index contributed by atoms with van der Waals surface area (Å²) in [5.74, 6) is 1.08. The van der Waals surface area contributed by atoms with Gasteiger partial charge in [-0.05, 0) is 65.4 Å². The van der Waals surface area contributed by atoms with E-state index in [-0.39, 0.29) is 11.3 Å². The topological polar surface area (TPSA) is 18.5 Å². The molecule has 0 amide bonds. The van der Waals surface area contributed by atoms with E-state index < -0.39 is 9.04 Å². The van der Waals surface area contributed by atoms with Crippen molar-refractivity contribution >= 4 is 43.2 Å². The van der Waals surface area contributed by atoms with Crippen LogP contribution in [-0.2, 0) is 4.43 Å². The molecule has 1 aromatic carbocycles. The van der Waals surface area contributed by atoms with Crippen molar-refractivity contribution in [2.45, 2.75) is 33.9 Å². The zero-order valence-corrected chi connectivity index (χ0v) is 17.4. The van der Waals surface area contributed by atoms with Crippen LogP contribution in [0.15, 0.2) is 34.1 Å². The Morgan fingerprint density at radius 2 is 2.05 bits per heavy atom. The molecule has 0 saturated heterocycles. The molecule has 1 atom stereocenters. The van der Waals surface area contributed by atoms with Crippen molar-refractivity contribution in [1.82, 2.24) is 0 Å². The minimum Gasteiger partial charge on any atom is -0.543 e. The van der Waals surface area contributed by atoms with Gasteiger partial charge < -0.3 is 9.16 Å². The Labute approximate surface area is 148 Å². The van der Waals surface area contributed by atoms with Gasteiger partial charge in [-0.25, -0.2) is 0 Å². The van der Waals surface area contributed by atoms with E-state index in [9.17, 15) is 0 Å². The van der Waals surface area contributed by atoms with Gasteiger partial charge in [0.2, 0.25) is 9.04 Å². The third kappa shape index (κ3) is 7.56. The average molecular weight is 439 g/mol. The predicted molar refractivity (Wildman–Crippen MR) is 102 cm³/mol. The average Bonchev–Trinajstić information content (AvgIpc) is 2.32. The minimum absolute atomic E-state index is 0.108. The summed E-state index contributed by atoms with van der Waals surface area (Å²) in [4.78, 5) is 0. The van der Waals surface area contributed by atoms with Crippen LogP contribution < -0.4 is 4.74 Å². The molecule has 1 aromatic rings. The fraction of sp³-hybridized carbons (Fsp3) is 0.500. The lowest BCUT2D eigenvalue weighted by Gasteiger charge is -2.28. The van der Waals surface area contributed by atoms with E-state index in [1.165, 1.54) is 0 Å². The highest BCUT2D eigenvalue weighted by molar-refractivity contribution is 14.1. The van der Waals surface area contributed by atoms with Crippen molar-refractivity contribution in [3.05, 3.63) is 39.1 Å². The van der Waals surface area contributed by atoms with E-state index in [0.29, 0.717) is 11.6 Å². The van der Waals surface area contributed by atoms with Gasteiger partial charge in [0.05, 0.1) is 6.61 Å². The van der Waals surface area contributed by atoms with Crippen molar-refractivity contribution in [2.24, 2.45) is 11.3 Å². The Bertz CT molecular complexity index is 483. The normalized spacial score (nSPS) is 14.2. The van der Waals surface area contributed by atoms with Gasteiger partial charge >= 0.3 is 0 Å². The summed E-state index contributed by atoms with van der Waals surface area (Å²) in [5.41, 5.74) is 0.108. The van der Waals surface area contributed by atoms with E-state index >= 15 is 0 Å². The Balaban J connectivity index is 2.76. The zero-order chi connectivity index (χ0) is 16.0. The number of hydrogen-bond donors (Lipinski definition) is 0. The summed E-state index contributed by atoms with van der Waals surface area (Å²) in [6.45, 7) is 11.6. The van der Waals surface area contributed by atoms with Gasteiger partial charge in [-0.1, -0.05) is 38.4 Å². The molecule has 0 aliphatic rings. The molecule has 0 aliphatic carbocycles. The molecule has 118 valence electrons. The van der Waals surface area contributed by atoms with Crippen LogP contribution in [0.5, 0.6) is 5.75 Å². The molecule has 0 N–H and O–H groups in total. The number of halogens is 2. The summed E-state index contributed by atoms with van der Waals surface area (Å²) >= 11 is 8.25. The Morgan fingerprint density at radius 3 is 2.57 bits per heavy atom. The van der Waals surface area contributed by atoms with E-state index in [1.807, 2.05) is 24.3 Å². The third-order valence-corrected chi connectivity index (χ3v) is 5.07. The van der Waals surface area contributed by atoms with Crippen LogP contribution in [0.2, 0.25) is 18.1 Å². The zero-order valence-electron chi connectivity index (χ0n) is 13.3. The molecule has 0 bridgehead atoms. The van der Waals surface area contributed by atoms with Crippen LogP contribution in [0.25, 0.3) is 0 Å². The van der Waals surface area contributed by atoms with E-state index in [1.54, 1.807) is 0 Å². The molecule has 0 saturated carbocycles. The SMILES string of the molecule is C[SiH](C)OC(I)=C[C@@H](COc1cccc(Cl)c1)C(C)(C)C. The second-order valence-electron chi connectivity index (χ2n) is 6.38. The molecule has 21 heavy (non-hydrogen) atoms. The van der Waals surface area contributed by atoms with Crippen LogP contribution in [0.1, 0.15) is 20.8 Å². The highest BCUT2D eigenvalue weighted by atomic mass is 127. The summed E-state index contributed by atoms with van der Waals surface area (Å²) in [5, 5.41) is 0.694. The lowest BCUT2D eigenvalue weighted by atomic mass is 9.81. The standard InChI is InChI=1S/C16H24ClIO2Si/c1-16(2,3)12(9-15(18)20-21(4)5)11-19-14-8-6-7-13(17)10-14/h6-10,12,21H,11H2,1-5H3/t12-/m0/s1. The highest BCUT2D eigenvalue weighted by Gasteiger charge is 2.24. The first-order valence-electron chi connectivity index (χ1n) is 7.11. The fourth-order valence-corrected chi connectivity index (χ4v) is 4.38. The molecular formula is C16H24ClIO2Si. The first-order valence-corrected chi connectivity index (χ1v) is 11.3. The van der Waals surface area contributed by atoms with Crippen LogP contribution in [0.3, 0.4) is 0 Å². The molecule has 0 radical (unpaired) electrons. The summed E-state index contributed by atoms with van der Waals surface area (Å²) in [6.07, 6.45) is 2.18. The van der Waals surface area contributed by atoms with Crippen molar-refractivity contribution < 1.29 is 9.16 Å². The predicted octanol–water partition coefficient (Wildman–Crippen LogP) is 5.66. The lowest BCUT2D eigenvalue weighted by molar-refractivity contribution is 0.181. The van der Waals surface area contributed by atoms with Crippen LogP contribution >= 0.6 is 34.2 Å². The maximum atomic E-state index is 5.98. The number of rotatable bonds is 6. The van der Waals surface area contributed by atoms with Crippen LogP contribution in [-0.4, -0.2) is 15.6 Å². The van der Waals surface area contributed by atoms with Gasteiger partial charge in [-0.15, -0.1) is 0 Å². The van der Waals surface area contributed by atoms with Gasteiger partial charge in [0, 0.05) is 10.9 Å². The van der Waals surface area contributed by atoms with Gasteiger partial charge in [-0.2, -0.15) is 0 Å². The van der Waals surface area contributed by atoms with Crippen molar-refractivity contribution in [1.29, 1.82) is 0 Å². The highest BCUT2D eigenvalue weighted by Crippen LogP contribution is 2.30. The van der Waals surface area contributed by atoms with Crippen LogP contribution in [0, 0.1) is 11.3 Å². The van der Waals surface area contributed by atoms with Crippen molar-refractivity contribution in [2.75, 3.05) is 6.61 Å². The van der Waals surface area contributed by atoms with Crippen molar-refractivity contribution in [3.8, 4) is 5.75 Å². The fourth-order valence-electron chi connectivity index (χ4n) is 1.71. The third-order valence-electron chi connectivity index (χ3n) is 3.02. The van der Waals surface area contributed by atoms with Gasteiger partial charge in [-0.3, -0.25) is 0 Å². The van der Waals surface area contributed by atoms with Crippen molar-refractivity contribution in [3.63, 3.8) is 0 Å². The molecule has 0 spiro atoms. The Morgan fingerprint density at radius 1 is 1.38 bits per heavy atom. The van der Waals surface area contributed by atoms with E-state index in [2.05, 4.69) is 62.5 Å². The smallest absolute Gasteiger partial charge is 0.230 e. The molecule has 5 heteroatoms. The van der Waals surface area contributed by atoms with E-state index in [4.69, 9.17) is 20.8 Å². The molecule has 1 rings (SSSR count). The lowest BCUT2D eigenvalue weighted by Crippen LogP contribution is -2.25. The minimum atomic E-state index is -1.06. The van der Waals surface area contributed by atoms with Gasteiger partial charge in [0.25, 0.3) is 0 Å². The summed E-state index contributed by atoms with van der Waals surface area (Å²) in [7, 11) is -1.06. The maximum absolute atomic E-state index is 5.98. The molecule has 2 nitrogen and oxygen atoms in total. The Hall–Kier alpha value is -0.203. The molecular weight excluding hydrogens is 415 g/mol. The summed E-state index contributed by atoms with van der Waals surface area (Å²) in [6, 6.07) is 7.52. The van der Waals surface area contributed by atoms with E-state index in [0.717, 1.165) is 9.52 Å². The largest absolute Gasteiger partial charge is 0.543 e. The maximum Gasteiger partial charge on any atom is 0.230 e. The first kappa shape index (κ1) is 18.8. The first-order chi connectivity index (χ1) is 9.68. The monoisotopic (exact) mass is 438 g/mol. The molecule has 0 fully saturated rings. The number of hydrogen-bond acceptors (Lipinski definition) is 2. The molecule has 0 aromatic heterocycles. The molecule has 0 aliphatic heterocycles. The molecule has 0 unspecified atom stereocenters.